The van der Waals surface area contributed by atoms with Gasteiger partial charge in [-0.1, -0.05) is 57.2 Å². The molecule has 0 saturated carbocycles. The summed E-state index contributed by atoms with van der Waals surface area (Å²) in [6.07, 6.45) is 0.180. The number of carbonyl (C=O) groups excluding carboxylic acids is 1. The number of carbonyl (C=O) groups is 1. The summed E-state index contributed by atoms with van der Waals surface area (Å²) in [4.78, 5) is 12.1. The Labute approximate surface area is 130 Å². The van der Waals surface area contributed by atoms with Gasteiger partial charge in [0.25, 0.3) is 0 Å². The van der Waals surface area contributed by atoms with Gasteiger partial charge in [-0.2, -0.15) is 0 Å². The van der Waals surface area contributed by atoms with Crippen molar-refractivity contribution in [1.82, 2.24) is 0 Å². The van der Waals surface area contributed by atoms with Crippen LogP contribution >= 0.6 is 0 Å². The number of aromatic hydroxyl groups is 2. The smallest absolute Gasteiger partial charge is 0.228 e. The van der Waals surface area contributed by atoms with Gasteiger partial charge in [-0.25, -0.2) is 0 Å². The number of hydrogen-bond acceptors (Lipinski definition) is 3. The minimum Gasteiger partial charge on any atom is -0.506 e. The Balaban J connectivity index is 2.24. The number of nitrogens with one attached hydrogen (secondary N) is 1. The van der Waals surface area contributed by atoms with E-state index in [-0.39, 0.29) is 34.9 Å². The van der Waals surface area contributed by atoms with Crippen molar-refractivity contribution in [2.45, 2.75) is 32.6 Å². The first-order valence-corrected chi connectivity index (χ1v) is 7.18. The van der Waals surface area contributed by atoms with Gasteiger partial charge in [-0.05, 0) is 17.0 Å². The number of hydrogen-bond donors (Lipinski definition) is 3. The van der Waals surface area contributed by atoms with Gasteiger partial charge in [0.1, 0.15) is 17.2 Å². The third kappa shape index (κ3) is 3.58. The third-order valence-electron chi connectivity index (χ3n) is 3.44. The molecular weight excluding hydrogens is 278 g/mol. The molecule has 2 aromatic rings. The van der Waals surface area contributed by atoms with Crippen LogP contribution in [0.3, 0.4) is 0 Å². The Morgan fingerprint density at radius 1 is 1.05 bits per heavy atom. The van der Waals surface area contributed by atoms with Crippen LogP contribution in [0.2, 0.25) is 0 Å². The lowest BCUT2D eigenvalue weighted by Gasteiger charge is -2.22. The van der Waals surface area contributed by atoms with Gasteiger partial charge in [0.2, 0.25) is 5.91 Å². The molecule has 0 unspecified atom stereocenters. The third-order valence-corrected chi connectivity index (χ3v) is 3.44. The molecule has 0 aromatic heterocycles. The van der Waals surface area contributed by atoms with Crippen LogP contribution in [0, 0.1) is 0 Å². The molecule has 3 N–H and O–H groups in total. The van der Waals surface area contributed by atoms with Crippen LogP contribution in [0.15, 0.2) is 42.5 Å². The van der Waals surface area contributed by atoms with Crippen LogP contribution in [0.5, 0.6) is 11.5 Å². The lowest BCUT2D eigenvalue weighted by atomic mass is 9.86. The zero-order valence-corrected chi connectivity index (χ0v) is 13.1. The highest BCUT2D eigenvalue weighted by molar-refractivity contribution is 5.95. The molecule has 0 aliphatic rings. The van der Waals surface area contributed by atoms with Crippen molar-refractivity contribution in [1.29, 1.82) is 0 Å². The quantitative estimate of drug-likeness (QED) is 0.759. The van der Waals surface area contributed by atoms with Crippen LogP contribution in [-0.2, 0) is 16.6 Å². The fourth-order valence-electron chi connectivity index (χ4n) is 2.27. The highest BCUT2D eigenvalue weighted by atomic mass is 16.3. The summed E-state index contributed by atoms with van der Waals surface area (Å²) < 4.78 is 0. The largest absolute Gasteiger partial charge is 0.506 e. The van der Waals surface area contributed by atoms with E-state index in [1.807, 2.05) is 51.1 Å². The molecule has 0 heterocycles. The number of amides is 1. The maximum absolute atomic E-state index is 12.1. The lowest BCUT2D eigenvalue weighted by Crippen LogP contribution is -2.17. The average molecular weight is 299 g/mol. The molecule has 0 aliphatic carbocycles. The van der Waals surface area contributed by atoms with E-state index >= 15 is 0 Å². The second kappa shape index (κ2) is 6.10. The van der Waals surface area contributed by atoms with Crippen LogP contribution in [0.1, 0.15) is 31.9 Å². The maximum Gasteiger partial charge on any atom is 0.228 e. The van der Waals surface area contributed by atoms with Crippen LogP contribution < -0.4 is 5.32 Å². The van der Waals surface area contributed by atoms with Crippen molar-refractivity contribution in [3.05, 3.63) is 53.6 Å². The van der Waals surface area contributed by atoms with E-state index in [1.165, 1.54) is 6.07 Å². The molecule has 2 aromatic carbocycles. The molecule has 116 valence electrons. The topological polar surface area (TPSA) is 69.6 Å². The lowest BCUT2D eigenvalue weighted by molar-refractivity contribution is -0.115. The number of benzene rings is 2. The van der Waals surface area contributed by atoms with E-state index in [4.69, 9.17) is 0 Å². The Bertz CT molecular complexity index is 673. The summed E-state index contributed by atoms with van der Waals surface area (Å²) in [5.41, 5.74) is 1.30. The molecule has 0 aliphatic heterocycles. The molecule has 22 heavy (non-hydrogen) atoms. The van der Waals surface area contributed by atoms with Crippen LogP contribution in [-0.4, -0.2) is 16.1 Å². The van der Waals surface area contributed by atoms with Crippen molar-refractivity contribution in [2.24, 2.45) is 0 Å². The van der Waals surface area contributed by atoms with Crippen LogP contribution in [0.4, 0.5) is 5.69 Å². The number of anilines is 1. The molecular formula is C18H21NO3. The van der Waals surface area contributed by atoms with E-state index in [0.717, 1.165) is 5.56 Å². The summed E-state index contributed by atoms with van der Waals surface area (Å²) >= 11 is 0. The van der Waals surface area contributed by atoms with Crippen molar-refractivity contribution in [2.75, 3.05) is 5.32 Å². The Hall–Kier alpha value is -2.49. The second-order valence-electron chi connectivity index (χ2n) is 6.32. The van der Waals surface area contributed by atoms with Gasteiger partial charge in [0.15, 0.2) is 0 Å². The molecule has 0 fully saturated rings. The minimum atomic E-state index is -0.295. The van der Waals surface area contributed by atoms with Gasteiger partial charge in [-0.3, -0.25) is 4.79 Å². The molecule has 4 nitrogen and oxygen atoms in total. The molecule has 0 spiro atoms. The van der Waals surface area contributed by atoms with Crippen molar-refractivity contribution < 1.29 is 15.0 Å². The van der Waals surface area contributed by atoms with Gasteiger partial charge in [0, 0.05) is 5.56 Å². The predicted octanol–water partition coefficient (Wildman–Crippen LogP) is 3.58. The second-order valence-corrected chi connectivity index (χ2v) is 6.32. The number of rotatable bonds is 3. The molecule has 2 rings (SSSR count). The van der Waals surface area contributed by atoms with E-state index < -0.39 is 0 Å². The van der Waals surface area contributed by atoms with Gasteiger partial charge >= 0.3 is 0 Å². The van der Waals surface area contributed by atoms with Crippen molar-refractivity contribution >= 4 is 11.6 Å². The normalized spacial score (nSPS) is 11.2. The standard InChI is InChI=1S/C18H21NO3/c1-18(2,3)13-9-10-14(20)16(17(13)22)19-15(21)11-12-7-5-4-6-8-12/h4-10,20,22H,11H2,1-3H3,(H,19,21). The first kappa shape index (κ1) is 15.9. The SMILES string of the molecule is CC(C)(C)c1ccc(O)c(NC(=O)Cc2ccccc2)c1O. The highest BCUT2D eigenvalue weighted by Gasteiger charge is 2.23. The van der Waals surface area contributed by atoms with E-state index in [9.17, 15) is 15.0 Å². The van der Waals surface area contributed by atoms with Crippen molar-refractivity contribution in [3.8, 4) is 11.5 Å². The van der Waals surface area contributed by atoms with Crippen LogP contribution in [0.25, 0.3) is 0 Å². The Kier molecular flexibility index (Phi) is 4.40. The molecule has 4 heteroatoms. The maximum atomic E-state index is 12.1. The molecule has 0 saturated heterocycles. The first-order valence-electron chi connectivity index (χ1n) is 7.18. The zero-order chi connectivity index (χ0) is 16.3. The predicted molar refractivity (Wildman–Crippen MR) is 87.2 cm³/mol. The minimum absolute atomic E-state index is 0.0633. The zero-order valence-electron chi connectivity index (χ0n) is 13.1. The van der Waals surface area contributed by atoms with Gasteiger partial charge in [0.05, 0.1) is 6.42 Å². The fourth-order valence-corrected chi connectivity index (χ4v) is 2.27. The van der Waals surface area contributed by atoms with Gasteiger partial charge < -0.3 is 15.5 Å². The summed E-state index contributed by atoms with van der Waals surface area (Å²) in [6.45, 7) is 5.86. The summed E-state index contributed by atoms with van der Waals surface area (Å²) in [5, 5.41) is 22.9. The van der Waals surface area contributed by atoms with Crippen molar-refractivity contribution in [3.63, 3.8) is 0 Å². The first-order chi connectivity index (χ1) is 10.3. The summed E-state index contributed by atoms with van der Waals surface area (Å²) in [6, 6.07) is 12.5. The average Bonchev–Trinajstić information content (AvgIpc) is 2.43. The molecule has 0 radical (unpaired) electrons. The van der Waals surface area contributed by atoms with E-state index in [2.05, 4.69) is 5.32 Å². The molecule has 0 bridgehead atoms. The Morgan fingerprint density at radius 2 is 1.68 bits per heavy atom. The number of phenolic OH excluding ortho intramolecular Hbond substituents is 2. The Morgan fingerprint density at radius 3 is 2.27 bits per heavy atom. The van der Waals surface area contributed by atoms with Gasteiger partial charge in [-0.15, -0.1) is 0 Å². The highest BCUT2D eigenvalue weighted by Crippen LogP contribution is 2.41. The molecule has 1 amide bonds. The summed E-state index contributed by atoms with van der Waals surface area (Å²) in [5.74, 6) is -0.524. The summed E-state index contributed by atoms with van der Waals surface area (Å²) in [7, 11) is 0. The van der Waals surface area contributed by atoms with E-state index in [1.54, 1.807) is 6.07 Å². The monoisotopic (exact) mass is 299 g/mol. The molecule has 0 atom stereocenters. The fraction of sp³-hybridized carbons (Fsp3) is 0.278. The number of phenols is 2. The van der Waals surface area contributed by atoms with E-state index in [0.29, 0.717) is 5.56 Å².